The number of halogens is 1. The molecule has 0 unspecified atom stereocenters. The minimum atomic E-state index is -0.0940. The van der Waals surface area contributed by atoms with Gasteiger partial charge in [0.05, 0.1) is 11.9 Å². The number of amides is 1. The first kappa shape index (κ1) is 12.5. The van der Waals surface area contributed by atoms with E-state index in [0.717, 1.165) is 0 Å². The molecule has 0 aliphatic carbocycles. The van der Waals surface area contributed by atoms with Gasteiger partial charge in [-0.25, -0.2) is 4.39 Å². The van der Waals surface area contributed by atoms with Crippen LogP contribution in [-0.4, -0.2) is 17.0 Å². The van der Waals surface area contributed by atoms with E-state index in [9.17, 15) is 9.18 Å². The van der Waals surface area contributed by atoms with E-state index in [0.29, 0.717) is 37.0 Å². The normalized spacial score (nSPS) is 11.6. The SMILES string of the molecule is CCNC(=O)c1ccn(C/C(=C/F)CC)c1. The number of nitrogens with one attached hydrogen (secondary N) is 1. The third-order valence-corrected chi connectivity index (χ3v) is 2.34. The van der Waals surface area contributed by atoms with Crippen molar-refractivity contribution in [1.82, 2.24) is 9.88 Å². The van der Waals surface area contributed by atoms with E-state index >= 15 is 0 Å². The summed E-state index contributed by atoms with van der Waals surface area (Å²) in [7, 11) is 0. The molecule has 0 spiro atoms. The molecule has 0 bridgehead atoms. The van der Waals surface area contributed by atoms with E-state index in [1.54, 1.807) is 23.0 Å². The van der Waals surface area contributed by atoms with Gasteiger partial charge in [-0.05, 0) is 25.0 Å². The molecule has 1 heterocycles. The molecule has 0 saturated heterocycles. The summed E-state index contributed by atoms with van der Waals surface area (Å²) >= 11 is 0. The van der Waals surface area contributed by atoms with Crippen LogP contribution in [-0.2, 0) is 6.54 Å². The lowest BCUT2D eigenvalue weighted by molar-refractivity contribution is 0.0956. The zero-order chi connectivity index (χ0) is 12.0. The molecule has 0 atom stereocenters. The lowest BCUT2D eigenvalue weighted by atomic mass is 10.2. The minimum Gasteiger partial charge on any atom is -0.352 e. The number of carbonyl (C=O) groups excluding carboxylic acids is 1. The van der Waals surface area contributed by atoms with Gasteiger partial charge in [-0.15, -0.1) is 0 Å². The lowest BCUT2D eigenvalue weighted by Crippen LogP contribution is -2.22. The number of aromatic nitrogens is 1. The fourth-order valence-electron chi connectivity index (χ4n) is 1.39. The Kier molecular flexibility index (Phi) is 4.76. The molecule has 1 aromatic heterocycles. The van der Waals surface area contributed by atoms with Gasteiger partial charge in [0.1, 0.15) is 0 Å². The molecule has 0 aliphatic heterocycles. The Bertz CT molecular complexity index is 382. The first-order valence-electron chi connectivity index (χ1n) is 5.43. The van der Waals surface area contributed by atoms with E-state index in [1.165, 1.54) is 0 Å². The Balaban J connectivity index is 2.68. The highest BCUT2D eigenvalue weighted by Crippen LogP contribution is 2.08. The molecule has 88 valence electrons. The molecular formula is C12H17FN2O. The van der Waals surface area contributed by atoms with E-state index in [2.05, 4.69) is 5.32 Å². The van der Waals surface area contributed by atoms with E-state index < -0.39 is 0 Å². The number of allylic oxidation sites excluding steroid dienone is 1. The van der Waals surface area contributed by atoms with Crippen molar-refractivity contribution in [3.8, 4) is 0 Å². The average Bonchev–Trinajstić information content (AvgIpc) is 2.74. The van der Waals surface area contributed by atoms with Crippen molar-refractivity contribution < 1.29 is 9.18 Å². The van der Waals surface area contributed by atoms with E-state index in [1.807, 2.05) is 13.8 Å². The quantitative estimate of drug-likeness (QED) is 0.819. The van der Waals surface area contributed by atoms with Gasteiger partial charge >= 0.3 is 0 Å². The number of nitrogens with zero attached hydrogens (tertiary/aromatic N) is 1. The largest absolute Gasteiger partial charge is 0.352 e. The summed E-state index contributed by atoms with van der Waals surface area (Å²) in [5.74, 6) is -0.0940. The Morgan fingerprint density at radius 1 is 1.56 bits per heavy atom. The Hall–Kier alpha value is -1.58. The highest BCUT2D eigenvalue weighted by molar-refractivity contribution is 5.93. The van der Waals surface area contributed by atoms with Gasteiger partial charge in [-0.3, -0.25) is 4.79 Å². The molecule has 16 heavy (non-hydrogen) atoms. The topological polar surface area (TPSA) is 34.0 Å². The molecule has 0 aliphatic rings. The first-order valence-corrected chi connectivity index (χ1v) is 5.43. The maximum atomic E-state index is 12.4. The summed E-state index contributed by atoms with van der Waals surface area (Å²) in [6, 6.07) is 1.73. The molecule has 0 radical (unpaired) electrons. The van der Waals surface area contributed by atoms with Crippen LogP contribution in [0.5, 0.6) is 0 Å². The second kappa shape index (κ2) is 6.10. The Morgan fingerprint density at radius 3 is 2.88 bits per heavy atom. The zero-order valence-electron chi connectivity index (χ0n) is 9.66. The minimum absolute atomic E-state index is 0.0940. The van der Waals surface area contributed by atoms with Crippen LogP contribution in [0.1, 0.15) is 30.6 Å². The average molecular weight is 224 g/mol. The number of carbonyl (C=O) groups is 1. The van der Waals surface area contributed by atoms with Crippen LogP contribution in [0.25, 0.3) is 0 Å². The summed E-state index contributed by atoms with van der Waals surface area (Å²) in [4.78, 5) is 11.5. The number of hydrogen-bond donors (Lipinski definition) is 1. The van der Waals surface area contributed by atoms with Crippen LogP contribution >= 0.6 is 0 Å². The van der Waals surface area contributed by atoms with Gasteiger partial charge in [-0.1, -0.05) is 6.92 Å². The maximum absolute atomic E-state index is 12.4. The molecule has 1 amide bonds. The molecule has 0 aromatic carbocycles. The molecular weight excluding hydrogens is 207 g/mol. The van der Waals surface area contributed by atoms with E-state index in [4.69, 9.17) is 0 Å². The smallest absolute Gasteiger partial charge is 0.252 e. The molecule has 1 rings (SSSR count). The van der Waals surface area contributed by atoms with Gasteiger partial charge in [0, 0.05) is 25.5 Å². The summed E-state index contributed by atoms with van der Waals surface area (Å²) in [6.45, 7) is 4.87. The van der Waals surface area contributed by atoms with Crippen molar-refractivity contribution in [2.45, 2.75) is 26.8 Å². The van der Waals surface area contributed by atoms with Crippen molar-refractivity contribution in [1.29, 1.82) is 0 Å². The summed E-state index contributed by atoms with van der Waals surface area (Å²) < 4.78 is 14.2. The summed E-state index contributed by atoms with van der Waals surface area (Å²) in [5, 5.41) is 2.72. The first-order chi connectivity index (χ1) is 7.71. The third kappa shape index (κ3) is 3.22. The summed E-state index contributed by atoms with van der Waals surface area (Å²) in [5.41, 5.74) is 1.31. The van der Waals surface area contributed by atoms with Crippen molar-refractivity contribution >= 4 is 5.91 Å². The lowest BCUT2D eigenvalue weighted by Gasteiger charge is -2.03. The molecule has 0 saturated carbocycles. The third-order valence-electron chi connectivity index (χ3n) is 2.34. The fraction of sp³-hybridized carbons (Fsp3) is 0.417. The van der Waals surface area contributed by atoms with Crippen LogP contribution in [0.2, 0.25) is 0 Å². The highest BCUT2D eigenvalue weighted by atomic mass is 19.1. The molecule has 3 nitrogen and oxygen atoms in total. The molecule has 0 fully saturated rings. The second-order valence-corrected chi connectivity index (χ2v) is 3.55. The number of hydrogen-bond acceptors (Lipinski definition) is 1. The van der Waals surface area contributed by atoms with Gasteiger partial charge in [0.15, 0.2) is 0 Å². The Morgan fingerprint density at radius 2 is 2.31 bits per heavy atom. The van der Waals surface area contributed by atoms with Gasteiger partial charge in [0.2, 0.25) is 0 Å². The van der Waals surface area contributed by atoms with Crippen LogP contribution in [0.3, 0.4) is 0 Å². The molecule has 1 aromatic rings. The van der Waals surface area contributed by atoms with Crippen molar-refractivity contribution in [3.63, 3.8) is 0 Å². The maximum Gasteiger partial charge on any atom is 0.252 e. The van der Waals surface area contributed by atoms with Gasteiger partial charge in [0.25, 0.3) is 5.91 Å². The van der Waals surface area contributed by atoms with Crippen LogP contribution in [0, 0.1) is 0 Å². The molecule has 4 heteroatoms. The predicted molar refractivity (Wildman–Crippen MR) is 61.9 cm³/mol. The van der Waals surface area contributed by atoms with Crippen molar-refractivity contribution in [2.24, 2.45) is 0 Å². The Labute approximate surface area is 95.0 Å². The van der Waals surface area contributed by atoms with Crippen LogP contribution in [0.15, 0.2) is 30.4 Å². The standard InChI is InChI=1S/C12H17FN2O/c1-3-10(7-13)8-15-6-5-11(9-15)12(16)14-4-2/h5-7,9H,3-4,8H2,1-2H3,(H,14,16)/b10-7+. The van der Waals surface area contributed by atoms with Crippen molar-refractivity contribution in [3.05, 3.63) is 35.9 Å². The monoisotopic (exact) mass is 224 g/mol. The summed E-state index contributed by atoms with van der Waals surface area (Å²) in [6.07, 6.45) is 4.81. The van der Waals surface area contributed by atoms with Gasteiger partial charge in [-0.2, -0.15) is 0 Å². The number of rotatable bonds is 5. The fourth-order valence-corrected chi connectivity index (χ4v) is 1.39. The highest BCUT2D eigenvalue weighted by Gasteiger charge is 2.06. The molecule has 1 N–H and O–H groups in total. The zero-order valence-corrected chi connectivity index (χ0v) is 9.66. The predicted octanol–water partition coefficient (Wildman–Crippen LogP) is 2.50. The van der Waals surface area contributed by atoms with Crippen LogP contribution in [0.4, 0.5) is 4.39 Å². The van der Waals surface area contributed by atoms with Crippen LogP contribution < -0.4 is 5.32 Å². The van der Waals surface area contributed by atoms with Gasteiger partial charge < -0.3 is 9.88 Å². The second-order valence-electron chi connectivity index (χ2n) is 3.55. The van der Waals surface area contributed by atoms with Crippen molar-refractivity contribution in [2.75, 3.05) is 6.54 Å². The van der Waals surface area contributed by atoms with E-state index in [-0.39, 0.29) is 5.91 Å².